The average Bonchev–Trinajstić information content (AvgIpc) is 3.16. The van der Waals surface area contributed by atoms with Crippen LogP contribution in [-0.4, -0.2) is 42.9 Å². The summed E-state index contributed by atoms with van der Waals surface area (Å²) in [6, 6.07) is 18.8. The Morgan fingerprint density at radius 2 is 1.67 bits per heavy atom. The van der Waals surface area contributed by atoms with Crippen molar-refractivity contribution in [3.63, 3.8) is 0 Å². The number of pyridine rings is 1. The molecule has 1 aromatic heterocycles. The van der Waals surface area contributed by atoms with Crippen LogP contribution >= 0.6 is 17.0 Å². The SMILES string of the molecule is Br.c1ccc2nc(N3CCN(Cc4ccc5c(c4)OCO5)CC3)ccc2c1. The molecule has 0 aliphatic carbocycles. The first-order valence-electron chi connectivity index (χ1n) is 9.07. The number of hydrogen-bond acceptors (Lipinski definition) is 5. The number of aromatic nitrogens is 1. The van der Waals surface area contributed by atoms with Gasteiger partial charge in [-0.15, -0.1) is 17.0 Å². The molecule has 0 atom stereocenters. The fourth-order valence-electron chi connectivity index (χ4n) is 3.66. The van der Waals surface area contributed by atoms with Gasteiger partial charge in [0.1, 0.15) is 5.82 Å². The van der Waals surface area contributed by atoms with E-state index >= 15 is 0 Å². The molecule has 27 heavy (non-hydrogen) atoms. The Kier molecular flexibility index (Phi) is 5.18. The number of para-hydroxylation sites is 1. The fourth-order valence-corrected chi connectivity index (χ4v) is 3.66. The van der Waals surface area contributed by atoms with E-state index in [9.17, 15) is 0 Å². The molecule has 0 spiro atoms. The number of ether oxygens (including phenoxy) is 2. The van der Waals surface area contributed by atoms with E-state index in [1.54, 1.807) is 0 Å². The van der Waals surface area contributed by atoms with Gasteiger partial charge < -0.3 is 14.4 Å². The highest BCUT2D eigenvalue weighted by Gasteiger charge is 2.20. The van der Waals surface area contributed by atoms with Crippen LogP contribution in [0.4, 0.5) is 5.82 Å². The standard InChI is InChI=1S/C21H21N3O2.BrH/c1-2-4-18-17(3-1)6-8-21(22-18)24-11-9-23(10-12-24)14-16-5-7-19-20(13-16)26-15-25-19;/h1-8,13H,9-12,14-15H2;1H. The van der Waals surface area contributed by atoms with E-state index in [1.165, 1.54) is 10.9 Å². The van der Waals surface area contributed by atoms with Gasteiger partial charge in [-0.3, -0.25) is 4.90 Å². The number of benzene rings is 2. The van der Waals surface area contributed by atoms with E-state index in [-0.39, 0.29) is 17.0 Å². The minimum Gasteiger partial charge on any atom is -0.454 e. The first-order chi connectivity index (χ1) is 12.8. The van der Waals surface area contributed by atoms with Gasteiger partial charge in [0, 0.05) is 38.1 Å². The number of nitrogens with zero attached hydrogens (tertiary/aromatic N) is 3. The highest BCUT2D eigenvalue weighted by Crippen LogP contribution is 2.33. The van der Waals surface area contributed by atoms with E-state index in [2.05, 4.69) is 52.3 Å². The second-order valence-electron chi connectivity index (χ2n) is 6.81. The second-order valence-corrected chi connectivity index (χ2v) is 6.81. The molecular formula is C21H22BrN3O2. The summed E-state index contributed by atoms with van der Waals surface area (Å²) < 4.78 is 10.9. The van der Waals surface area contributed by atoms with Crippen LogP contribution in [0.3, 0.4) is 0 Å². The highest BCUT2D eigenvalue weighted by atomic mass is 79.9. The van der Waals surface area contributed by atoms with Crippen LogP contribution in [0.25, 0.3) is 10.9 Å². The van der Waals surface area contributed by atoms with Gasteiger partial charge in [0.25, 0.3) is 0 Å². The number of fused-ring (bicyclic) bond motifs is 2. The Morgan fingerprint density at radius 1 is 0.852 bits per heavy atom. The quantitative estimate of drug-likeness (QED) is 0.634. The van der Waals surface area contributed by atoms with Gasteiger partial charge in [0.2, 0.25) is 6.79 Å². The smallest absolute Gasteiger partial charge is 0.231 e. The van der Waals surface area contributed by atoms with Gasteiger partial charge in [-0.05, 0) is 35.9 Å². The Labute approximate surface area is 169 Å². The van der Waals surface area contributed by atoms with Crippen LogP contribution in [0.5, 0.6) is 11.5 Å². The topological polar surface area (TPSA) is 37.8 Å². The average molecular weight is 428 g/mol. The van der Waals surface area contributed by atoms with Crippen molar-refractivity contribution in [2.45, 2.75) is 6.54 Å². The predicted molar refractivity (Wildman–Crippen MR) is 112 cm³/mol. The van der Waals surface area contributed by atoms with Crippen LogP contribution in [0.2, 0.25) is 0 Å². The van der Waals surface area contributed by atoms with Crippen LogP contribution in [0.15, 0.2) is 54.6 Å². The summed E-state index contributed by atoms with van der Waals surface area (Å²) in [4.78, 5) is 9.68. The Balaban J connectivity index is 0.00000180. The van der Waals surface area contributed by atoms with Crippen LogP contribution < -0.4 is 14.4 Å². The zero-order chi connectivity index (χ0) is 17.3. The van der Waals surface area contributed by atoms with Gasteiger partial charge in [0.15, 0.2) is 11.5 Å². The molecule has 2 aromatic carbocycles. The normalized spacial score (nSPS) is 16.4. The predicted octanol–water partition coefficient (Wildman–Crippen LogP) is 3.86. The molecule has 1 fully saturated rings. The largest absolute Gasteiger partial charge is 0.454 e. The van der Waals surface area contributed by atoms with E-state index in [0.29, 0.717) is 6.79 Å². The molecular weight excluding hydrogens is 406 g/mol. The Hall–Kier alpha value is -2.31. The summed E-state index contributed by atoms with van der Waals surface area (Å²) in [7, 11) is 0. The van der Waals surface area contributed by atoms with Gasteiger partial charge in [-0.1, -0.05) is 24.3 Å². The summed E-state index contributed by atoms with van der Waals surface area (Å²) in [5.41, 5.74) is 2.33. The van der Waals surface area contributed by atoms with E-state index in [0.717, 1.165) is 55.6 Å². The van der Waals surface area contributed by atoms with Crippen molar-refractivity contribution in [1.29, 1.82) is 0 Å². The van der Waals surface area contributed by atoms with Crippen LogP contribution in [0.1, 0.15) is 5.56 Å². The number of rotatable bonds is 3. The lowest BCUT2D eigenvalue weighted by atomic mass is 10.1. The summed E-state index contributed by atoms with van der Waals surface area (Å²) >= 11 is 0. The molecule has 0 unspecified atom stereocenters. The van der Waals surface area contributed by atoms with E-state index in [4.69, 9.17) is 14.5 Å². The summed E-state index contributed by atoms with van der Waals surface area (Å²) in [6.45, 7) is 5.32. The zero-order valence-electron chi connectivity index (χ0n) is 15.0. The number of hydrogen-bond donors (Lipinski definition) is 0. The lowest BCUT2D eigenvalue weighted by Gasteiger charge is -2.35. The molecule has 5 rings (SSSR count). The molecule has 2 aliphatic heterocycles. The lowest BCUT2D eigenvalue weighted by molar-refractivity contribution is 0.174. The molecule has 1 saturated heterocycles. The molecule has 140 valence electrons. The van der Waals surface area contributed by atoms with Crippen LogP contribution in [-0.2, 0) is 6.54 Å². The third-order valence-electron chi connectivity index (χ3n) is 5.12. The molecule has 6 heteroatoms. The monoisotopic (exact) mass is 427 g/mol. The zero-order valence-corrected chi connectivity index (χ0v) is 16.7. The Morgan fingerprint density at radius 3 is 2.56 bits per heavy atom. The maximum atomic E-state index is 5.48. The second kappa shape index (κ2) is 7.74. The molecule has 3 heterocycles. The maximum Gasteiger partial charge on any atom is 0.231 e. The summed E-state index contributed by atoms with van der Waals surface area (Å²) in [5.74, 6) is 2.79. The number of piperazine rings is 1. The summed E-state index contributed by atoms with van der Waals surface area (Å²) in [5, 5.41) is 1.19. The first kappa shape index (κ1) is 18.1. The minimum absolute atomic E-state index is 0. The van der Waals surface area contributed by atoms with E-state index in [1.807, 2.05) is 12.1 Å². The van der Waals surface area contributed by atoms with Gasteiger partial charge >= 0.3 is 0 Å². The van der Waals surface area contributed by atoms with Gasteiger partial charge in [0.05, 0.1) is 5.52 Å². The van der Waals surface area contributed by atoms with Crippen molar-refractivity contribution >= 4 is 33.7 Å². The molecule has 0 saturated carbocycles. The van der Waals surface area contributed by atoms with Crippen molar-refractivity contribution in [3.05, 3.63) is 60.2 Å². The molecule has 0 bridgehead atoms. The van der Waals surface area contributed by atoms with Crippen LogP contribution in [0, 0.1) is 0 Å². The number of halogens is 1. The molecule has 0 amide bonds. The first-order valence-corrected chi connectivity index (χ1v) is 9.07. The highest BCUT2D eigenvalue weighted by molar-refractivity contribution is 8.93. The third-order valence-corrected chi connectivity index (χ3v) is 5.12. The molecule has 5 nitrogen and oxygen atoms in total. The Bertz CT molecular complexity index is 942. The third kappa shape index (κ3) is 3.73. The van der Waals surface area contributed by atoms with Crippen molar-refractivity contribution in [2.24, 2.45) is 0 Å². The molecule has 0 N–H and O–H groups in total. The number of anilines is 1. The minimum atomic E-state index is 0. The van der Waals surface area contributed by atoms with Gasteiger partial charge in [-0.25, -0.2) is 4.98 Å². The molecule has 0 radical (unpaired) electrons. The van der Waals surface area contributed by atoms with Gasteiger partial charge in [-0.2, -0.15) is 0 Å². The van der Waals surface area contributed by atoms with Crippen molar-refractivity contribution in [3.8, 4) is 11.5 Å². The molecule has 3 aromatic rings. The van der Waals surface area contributed by atoms with Crippen molar-refractivity contribution < 1.29 is 9.47 Å². The van der Waals surface area contributed by atoms with Crippen molar-refractivity contribution in [1.82, 2.24) is 9.88 Å². The summed E-state index contributed by atoms with van der Waals surface area (Å²) in [6.07, 6.45) is 0. The van der Waals surface area contributed by atoms with Crippen molar-refractivity contribution in [2.75, 3.05) is 37.9 Å². The maximum absolute atomic E-state index is 5.48. The van der Waals surface area contributed by atoms with E-state index < -0.39 is 0 Å². The lowest BCUT2D eigenvalue weighted by Crippen LogP contribution is -2.46. The fraction of sp³-hybridized carbons (Fsp3) is 0.286. The molecule has 2 aliphatic rings.